The molecule has 0 aromatic heterocycles. The number of benzene rings is 1. The van der Waals surface area contributed by atoms with Crippen LogP contribution in [0.1, 0.15) is 40.0 Å². The van der Waals surface area contributed by atoms with Crippen molar-refractivity contribution in [2.45, 2.75) is 25.3 Å². The van der Waals surface area contributed by atoms with Gasteiger partial charge in [0.15, 0.2) is 0 Å². The molecule has 2 aliphatic rings. The van der Waals surface area contributed by atoms with Crippen LogP contribution in [-0.4, -0.2) is 72.1 Å². The van der Waals surface area contributed by atoms with Crippen molar-refractivity contribution >= 4 is 35.4 Å². The van der Waals surface area contributed by atoms with Crippen molar-refractivity contribution in [2.24, 2.45) is 0 Å². The fourth-order valence-corrected chi connectivity index (χ4v) is 3.44. The molecule has 0 radical (unpaired) electrons. The summed E-state index contributed by atoms with van der Waals surface area (Å²) in [5.74, 6) is -2.21. The topological polar surface area (TPSA) is 154 Å². The van der Waals surface area contributed by atoms with E-state index in [0.717, 1.165) is 4.90 Å². The first-order valence-corrected chi connectivity index (χ1v) is 9.53. The lowest BCUT2D eigenvalue weighted by Crippen LogP contribution is -2.49. The van der Waals surface area contributed by atoms with E-state index < -0.39 is 35.8 Å². The molecule has 2 heterocycles. The summed E-state index contributed by atoms with van der Waals surface area (Å²) in [6.07, 6.45) is -0.338. The summed E-state index contributed by atoms with van der Waals surface area (Å²) in [5, 5.41) is 15.9. The van der Waals surface area contributed by atoms with Crippen LogP contribution >= 0.6 is 0 Å². The first-order valence-electron chi connectivity index (χ1n) is 9.53. The number of nitrogens with zero attached hydrogens (tertiary/aromatic N) is 1. The first-order chi connectivity index (χ1) is 14.4. The number of nitrogens with one attached hydrogen (secondary N) is 3. The number of fused-ring (bicyclic) bond motifs is 1. The molecule has 0 aliphatic carbocycles. The Balaban J connectivity index is 1.65. The SMILES string of the molecule is O=C(O)NCCOCCNc1cccc2c1C(=O)N(C1CCCC(=O)NC1=O)C2=O. The van der Waals surface area contributed by atoms with Crippen molar-refractivity contribution in [3.05, 3.63) is 29.3 Å². The van der Waals surface area contributed by atoms with E-state index in [1.54, 1.807) is 12.1 Å². The number of amides is 5. The normalized spacial score (nSPS) is 18.7. The van der Waals surface area contributed by atoms with Gasteiger partial charge in [0.05, 0.1) is 24.3 Å². The summed E-state index contributed by atoms with van der Waals surface area (Å²) in [4.78, 5) is 61.0. The number of carboxylic acid groups (broad SMARTS) is 1. The highest BCUT2D eigenvalue weighted by Crippen LogP contribution is 2.32. The van der Waals surface area contributed by atoms with Gasteiger partial charge < -0.3 is 20.5 Å². The smallest absolute Gasteiger partial charge is 0.404 e. The van der Waals surface area contributed by atoms with Crippen LogP contribution in [0.25, 0.3) is 0 Å². The first kappa shape index (κ1) is 21.2. The molecule has 30 heavy (non-hydrogen) atoms. The summed E-state index contributed by atoms with van der Waals surface area (Å²) in [6, 6.07) is 3.77. The van der Waals surface area contributed by atoms with Crippen LogP contribution in [0.15, 0.2) is 18.2 Å². The third-order valence-electron chi connectivity index (χ3n) is 4.79. The van der Waals surface area contributed by atoms with E-state index in [2.05, 4.69) is 16.0 Å². The van der Waals surface area contributed by atoms with Gasteiger partial charge in [0.25, 0.3) is 11.8 Å². The van der Waals surface area contributed by atoms with Gasteiger partial charge in [0.2, 0.25) is 11.8 Å². The number of carbonyl (C=O) groups is 5. The molecule has 3 rings (SSSR count). The summed E-state index contributed by atoms with van der Waals surface area (Å²) in [6.45, 7) is 0.929. The minimum absolute atomic E-state index is 0.157. The number of anilines is 1. The summed E-state index contributed by atoms with van der Waals surface area (Å²) >= 11 is 0. The third-order valence-corrected chi connectivity index (χ3v) is 4.79. The van der Waals surface area contributed by atoms with Gasteiger partial charge in [-0.05, 0) is 25.0 Å². The lowest BCUT2D eigenvalue weighted by Gasteiger charge is -2.23. The van der Waals surface area contributed by atoms with Gasteiger partial charge in [-0.15, -0.1) is 0 Å². The average molecular weight is 418 g/mol. The van der Waals surface area contributed by atoms with Gasteiger partial charge in [0, 0.05) is 25.2 Å². The van der Waals surface area contributed by atoms with Crippen LogP contribution < -0.4 is 16.0 Å². The molecule has 1 fully saturated rings. The van der Waals surface area contributed by atoms with Crippen LogP contribution in [-0.2, 0) is 14.3 Å². The highest BCUT2D eigenvalue weighted by Gasteiger charge is 2.44. The molecule has 4 N–H and O–H groups in total. The predicted molar refractivity (Wildman–Crippen MR) is 103 cm³/mol. The molecule has 2 aliphatic heterocycles. The van der Waals surface area contributed by atoms with Crippen molar-refractivity contribution in [3.8, 4) is 0 Å². The minimum Gasteiger partial charge on any atom is -0.465 e. The third kappa shape index (κ3) is 4.57. The molecule has 5 amide bonds. The molecule has 1 atom stereocenters. The molecule has 1 saturated heterocycles. The van der Waals surface area contributed by atoms with E-state index in [1.807, 2.05) is 0 Å². The Morgan fingerprint density at radius 1 is 1.17 bits per heavy atom. The highest BCUT2D eigenvalue weighted by atomic mass is 16.5. The number of rotatable bonds is 8. The Labute approximate surface area is 171 Å². The largest absolute Gasteiger partial charge is 0.465 e. The van der Waals surface area contributed by atoms with E-state index in [0.29, 0.717) is 18.7 Å². The summed E-state index contributed by atoms with van der Waals surface area (Å²) < 4.78 is 5.29. The average Bonchev–Trinajstić information content (AvgIpc) is 2.83. The van der Waals surface area contributed by atoms with Gasteiger partial charge in [-0.25, -0.2) is 4.79 Å². The fourth-order valence-electron chi connectivity index (χ4n) is 3.44. The zero-order chi connectivity index (χ0) is 21.7. The highest BCUT2D eigenvalue weighted by molar-refractivity contribution is 6.25. The maximum atomic E-state index is 13.0. The van der Waals surface area contributed by atoms with E-state index in [4.69, 9.17) is 9.84 Å². The van der Waals surface area contributed by atoms with Crippen LogP contribution in [0.2, 0.25) is 0 Å². The number of hydrogen-bond acceptors (Lipinski definition) is 7. The zero-order valence-corrected chi connectivity index (χ0v) is 16.1. The molecule has 1 aromatic rings. The number of carbonyl (C=O) groups excluding carboxylic acids is 4. The second-order valence-electron chi connectivity index (χ2n) is 6.80. The van der Waals surface area contributed by atoms with Crippen LogP contribution in [0.5, 0.6) is 0 Å². The fraction of sp³-hybridized carbons (Fsp3) is 0.421. The Morgan fingerprint density at radius 3 is 2.70 bits per heavy atom. The number of imide groups is 2. The Bertz CT molecular complexity index is 886. The monoisotopic (exact) mass is 418 g/mol. The lowest BCUT2D eigenvalue weighted by atomic mass is 10.1. The Hall–Kier alpha value is -3.47. The number of ether oxygens (including phenoxy) is 1. The molecule has 0 spiro atoms. The van der Waals surface area contributed by atoms with E-state index in [9.17, 15) is 24.0 Å². The molecule has 11 heteroatoms. The van der Waals surface area contributed by atoms with E-state index in [1.165, 1.54) is 6.07 Å². The molecular formula is C19H22N4O7. The summed E-state index contributed by atoms with van der Waals surface area (Å²) in [7, 11) is 0. The molecule has 1 aromatic carbocycles. The van der Waals surface area contributed by atoms with Gasteiger partial charge in [-0.3, -0.25) is 29.4 Å². The van der Waals surface area contributed by atoms with Crippen molar-refractivity contribution < 1.29 is 33.8 Å². The second-order valence-corrected chi connectivity index (χ2v) is 6.80. The van der Waals surface area contributed by atoms with Crippen molar-refractivity contribution in [2.75, 3.05) is 31.6 Å². The van der Waals surface area contributed by atoms with E-state index in [-0.39, 0.29) is 43.7 Å². The van der Waals surface area contributed by atoms with Crippen molar-refractivity contribution in [3.63, 3.8) is 0 Å². The van der Waals surface area contributed by atoms with Crippen LogP contribution in [0.4, 0.5) is 10.5 Å². The zero-order valence-electron chi connectivity index (χ0n) is 16.1. The van der Waals surface area contributed by atoms with Crippen LogP contribution in [0.3, 0.4) is 0 Å². The Kier molecular flexibility index (Phi) is 6.62. The Morgan fingerprint density at radius 2 is 1.93 bits per heavy atom. The van der Waals surface area contributed by atoms with Crippen molar-refractivity contribution in [1.29, 1.82) is 0 Å². The minimum atomic E-state index is -1.13. The maximum absolute atomic E-state index is 13.0. The van der Waals surface area contributed by atoms with Gasteiger partial charge >= 0.3 is 6.09 Å². The van der Waals surface area contributed by atoms with Crippen LogP contribution in [0, 0.1) is 0 Å². The predicted octanol–water partition coefficient (Wildman–Crippen LogP) is 0.174. The lowest BCUT2D eigenvalue weighted by molar-refractivity contribution is -0.131. The van der Waals surface area contributed by atoms with Gasteiger partial charge in [-0.1, -0.05) is 6.07 Å². The second kappa shape index (κ2) is 9.35. The van der Waals surface area contributed by atoms with Gasteiger partial charge in [-0.2, -0.15) is 0 Å². The molecule has 11 nitrogen and oxygen atoms in total. The molecule has 0 bridgehead atoms. The van der Waals surface area contributed by atoms with Crippen molar-refractivity contribution in [1.82, 2.24) is 15.5 Å². The molecule has 0 saturated carbocycles. The van der Waals surface area contributed by atoms with Gasteiger partial charge in [0.1, 0.15) is 6.04 Å². The molecule has 1 unspecified atom stereocenters. The standard InChI is InChI=1S/C19H22N4O7/c24-14-6-2-5-13(16(25)22-14)23-17(26)11-3-1-4-12(15(11)18(23)27)20-7-9-30-10-8-21-19(28)29/h1,3-4,13,20-21H,2,5-10H2,(H,28,29)(H,22,24,25). The van der Waals surface area contributed by atoms with E-state index >= 15 is 0 Å². The molecular weight excluding hydrogens is 396 g/mol. The molecule has 160 valence electrons. The summed E-state index contributed by atoms with van der Waals surface area (Å²) in [5.41, 5.74) is 0.809. The quantitative estimate of drug-likeness (QED) is 0.344. The maximum Gasteiger partial charge on any atom is 0.404 e. The number of hydrogen-bond donors (Lipinski definition) is 4.